The predicted molar refractivity (Wildman–Crippen MR) is 116 cm³/mol. The number of anilines is 1. The maximum atomic E-state index is 13.0. The van der Waals surface area contributed by atoms with Crippen molar-refractivity contribution in [2.45, 2.75) is 31.1 Å². The largest absolute Gasteiger partial charge is 0.497 e. The molecule has 31 heavy (non-hydrogen) atoms. The lowest BCUT2D eigenvalue weighted by Gasteiger charge is -2.26. The highest BCUT2D eigenvalue weighted by Crippen LogP contribution is 2.26. The molecule has 3 rings (SSSR count). The van der Waals surface area contributed by atoms with Gasteiger partial charge in [-0.2, -0.15) is 4.31 Å². The molecular formula is C22H26N2O6S. The minimum atomic E-state index is -3.62. The number of piperidine rings is 1. The Balaban J connectivity index is 1.70. The van der Waals surface area contributed by atoms with E-state index >= 15 is 0 Å². The van der Waals surface area contributed by atoms with Crippen LogP contribution in [0.1, 0.15) is 35.2 Å². The summed E-state index contributed by atoms with van der Waals surface area (Å²) < 4.78 is 38.1. The Kier molecular flexibility index (Phi) is 7.29. The SMILES string of the molecule is COc1ccc(OCC(=O)Nc2ccc(C)c(S(=O)(=O)N3CCCCC3)c2)c(C=O)c1. The number of amides is 1. The molecule has 1 aliphatic heterocycles. The fraction of sp³-hybridized carbons (Fsp3) is 0.364. The number of benzene rings is 2. The first kappa shape index (κ1) is 22.8. The van der Waals surface area contributed by atoms with Crippen LogP contribution in [-0.2, 0) is 14.8 Å². The summed E-state index contributed by atoms with van der Waals surface area (Å²) >= 11 is 0. The van der Waals surface area contributed by atoms with Crippen LogP contribution >= 0.6 is 0 Å². The minimum Gasteiger partial charge on any atom is -0.497 e. The molecule has 1 fully saturated rings. The number of nitrogens with one attached hydrogen (secondary N) is 1. The van der Waals surface area contributed by atoms with Crippen molar-refractivity contribution in [3.05, 3.63) is 47.5 Å². The average molecular weight is 447 g/mol. The first-order valence-corrected chi connectivity index (χ1v) is 11.5. The van der Waals surface area contributed by atoms with Crippen molar-refractivity contribution >= 4 is 27.9 Å². The van der Waals surface area contributed by atoms with Crippen molar-refractivity contribution in [3.8, 4) is 11.5 Å². The third-order valence-corrected chi connectivity index (χ3v) is 7.15. The Hall–Kier alpha value is -2.91. The molecule has 1 N–H and O–H groups in total. The molecule has 0 atom stereocenters. The molecule has 0 saturated carbocycles. The summed E-state index contributed by atoms with van der Waals surface area (Å²) in [6.07, 6.45) is 3.34. The lowest BCUT2D eigenvalue weighted by Crippen LogP contribution is -2.36. The Labute approximate surface area is 182 Å². The first-order valence-electron chi connectivity index (χ1n) is 10.0. The van der Waals surface area contributed by atoms with E-state index in [0.717, 1.165) is 19.3 Å². The van der Waals surface area contributed by atoms with Gasteiger partial charge in [-0.3, -0.25) is 9.59 Å². The molecule has 0 aromatic heterocycles. The molecule has 0 aliphatic carbocycles. The molecule has 9 heteroatoms. The maximum Gasteiger partial charge on any atom is 0.262 e. The number of methoxy groups -OCH3 is 1. The number of hydrogen-bond donors (Lipinski definition) is 1. The topological polar surface area (TPSA) is 102 Å². The summed E-state index contributed by atoms with van der Waals surface area (Å²) in [4.78, 5) is 23.8. The molecule has 0 spiro atoms. The average Bonchev–Trinajstić information content (AvgIpc) is 2.79. The number of hydrogen-bond acceptors (Lipinski definition) is 6. The van der Waals surface area contributed by atoms with Crippen LogP contribution in [0.4, 0.5) is 5.69 Å². The molecule has 1 amide bonds. The van der Waals surface area contributed by atoms with Crippen molar-refractivity contribution in [1.29, 1.82) is 0 Å². The van der Waals surface area contributed by atoms with Crippen molar-refractivity contribution in [3.63, 3.8) is 0 Å². The van der Waals surface area contributed by atoms with Crippen molar-refractivity contribution in [2.75, 3.05) is 32.1 Å². The fourth-order valence-corrected chi connectivity index (χ4v) is 5.19. The van der Waals surface area contributed by atoms with E-state index in [9.17, 15) is 18.0 Å². The summed E-state index contributed by atoms with van der Waals surface area (Å²) in [6, 6.07) is 9.47. The van der Waals surface area contributed by atoms with Crippen LogP contribution in [0.2, 0.25) is 0 Å². The van der Waals surface area contributed by atoms with Crippen LogP contribution in [-0.4, -0.2) is 51.7 Å². The van der Waals surface area contributed by atoms with Gasteiger partial charge < -0.3 is 14.8 Å². The third-order valence-electron chi connectivity index (χ3n) is 5.11. The summed E-state index contributed by atoms with van der Waals surface area (Å²) in [6.45, 7) is 2.41. The van der Waals surface area contributed by atoms with Crippen molar-refractivity contribution < 1.29 is 27.5 Å². The van der Waals surface area contributed by atoms with Gasteiger partial charge in [0.15, 0.2) is 12.9 Å². The maximum absolute atomic E-state index is 13.0. The number of carbonyl (C=O) groups is 2. The molecule has 2 aromatic carbocycles. The summed E-state index contributed by atoms with van der Waals surface area (Å²) in [5.74, 6) is 0.280. The Morgan fingerprint density at radius 3 is 2.55 bits per heavy atom. The number of aldehydes is 1. The second-order valence-corrected chi connectivity index (χ2v) is 9.21. The predicted octanol–water partition coefficient (Wildman–Crippen LogP) is 3.01. The zero-order valence-corrected chi connectivity index (χ0v) is 18.4. The molecule has 8 nitrogen and oxygen atoms in total. The van der Waals surface area contributed by atoms with Gasteiger partial charge in [0.05, 0.1) is 17.6 Å². The molecule has 1 heterocycles. The van der Waals surface area contributed by atoms with E-state index in [2.05, 4.69) is 5.32 Å². The van der Waals surface area contributed by atoms with E-state index in [0.29, 0.717) is 36.4 Å². The Morgan fingerprint density at radius 2 is 1.87 bits per heavy atom. The van der Waals surface area contributed by atoms with Gasteiger partial charge in [0.25, 0.3) is 5.91 Å². The summed E-state index contributed by atoms with van der Waals surface area (Å²) in [7, 11) is -2.14. The van der Waals surface area contributed by atoms with Crippen LogP contribution in [0.25, 0.3) is 0 Å². The number of sulfonamides is 1. The number of nitrogens with zero attached hydrogens (tertiary/aromatic N) is 1. The normalized spacial score (nSPS) is 14.6. The van der Waals surface area contributed by atoms with Crippen LogP contribution < -0.4 is 14.8 Å². The van der Waals surface area contributed by atoms with Gasteiger partial charge in [0.2, 0.25) is 10.0 Å². The highest BCUT2D eigenvalue weighted by Gasteiger charge is 2.27. The zero-order valence-electron chi connectivity index (χ0n) is 17.6. The molecule has 2 aromatic rings. The second kappa shape index (κ2) is 9.93. The summed E-state index contributed by atoms with van der Waals surface area (Å²) in [5, 5.41) is 2.65. The molecule has 166 valence electrons. The monoisotopic (exact) mass is 446 g/mol. The van der Waals surface area contributed by atoms with Crippen molar-refractivity contribution in [2.24, 2.45) is 0 Å². The smallest absolute Gasteiger partial charge is 0.262 e. The number of carbonyl (C=O) groups excluding carboxylic acids is 2. The molecule has 0 bridgehead atoms. The quantitative estimate of drug-likeness (QED) is 0.626. The molecule has 1 aliphatic rings. The summed E-state index contributed by atoms with van der Waals surface area (Å²) in [5.41, 5.74) is 1.24. The van der Waals surface area contributed by atoms with E-state index in [1.807, 2.05) is 0 Å². The molecule has 1 saturated heterocycles. The molecule has 0 radical (unpaired) electrons. The molecular weight excluding hydrogens is 420 g/mol. The highest BCUT2D eigenvalue weighted by molar-refractivity contribution is 7.89. The van der Waals surface area contributed by atoms with E-state index in [4.69, 9.17) is 9.47 Å². The van der Waals surface area contributed by atoms with Gasteiger partial charge in [0.1, 0.15) is 11.5 Å². The van der Waals surface area contributed by atoms with Gasteiger partial charge in [-0.25, -0.2) is 8.42 Å². The van der Waals surface area contributed by atoms with Crippen molar-refractivity contribution in [1.82, 2.24) is 4.31 Å². The van der Waals surface area contributed by atoms with Gasteiger partial charge in [-0.05, 0) is 55.7 Å². The Bertz CT molecular complexity index is 1060. The van der Waals surface area contributed by atoms with Gasteiger partial charge in [-0.15, -0.1) is 0 Å². The number of ether oxygens (including phenoxy) is 2. The van der Waals surface area contributed by atoms with E-state index in [-0.39, 0.29) is 22.8 Å². The Morgan fingerprint density at radius 1 is 1.13 bits per heavy atom. The van der Waals surface area contributed by atoms with Gasteiger partial charge in [0, 0.05) is 18.8 Å². The van der Waals surface area contributed by atoms with E-state index in [1.165, 1.54) is 23.5 Å². The van der Waals surface area contributed by atoms with E-state index in [1.54, 1.807) is 31.2 Å². The third kappa shape index (κ3) is 5.42. The lowest BCUT2D eigenvalue weighted by molar-refractivity contribution is -0.118. The van der Waals surface area contributed by atoms with Crippen LogP contribution in [0, 0.1) is 6.92 Å². The van der Waals surface area contributed by atoms with E-state index < -0.39 is 15.9 Å². The molecule has 0 unspecified atom stereocenters. The fourth-order valence-electron chi connectivity index (χ4n) is 3.42. The van der Waals surface area contributed by atoms with Gasteiger partial charge in [-0.1, -0.05) is 12.5 Å². The first-order chi connectivity index (χ1) is 14.8. The second-order valence-electron chi connectivity index (χ2n) is 7.30. The van der Waals surface area contributed by atoms with Crippen LogP contribution in [0.3, 0.4) is 0 Å². The van der Waals surface area contributed by atoms with Gasteiger partial charge >= 0.3 is 0 Å². The zero-order chi connectivity index (χ0) is 22.4. The highest BCUT2D eigenvalue weighted by atomic mass is 32.2. The van der Waals surface area contributed by atoms with Crippen LogP contribution in [0.15, 0.2) is 41.3 Å². The standard InChI is InChI=1S/C22H26N2O6S/c1-16-6-7-18(13-21(16)31(27,28)24-10-4-3-5-11-24)23-22(26)15-30-20-9-8-19(29-2)12-17(20)14-25/h6-9,12-14H,3-5,10-11,15H2,1-2H3,(H,23,26). The lowest BCUT2D eigenvalue weighted by atomic mass is 10.2. The van der Waals surface area contributed by atoms with Crippen LogP contribution in [0.5, 0.6) is 11.5 Å². The minimum absolute atomic E-state index is 0.187. The number of aryl methyl sites for hydroxylation is 1. The number of rotatable bonds is 8.